The van der Waals surface area contributed by atoms with Gasteiger partial charge in [-0.2, -0.15) is 5.26 Å². The van der Waals surface area contributed by atoms with Crippen LogP contribution in [0.25, 0.3) is 0 Å². The van der Waals surface area contributed by atoms with E-state index >= 15 is 0 Å². The molecule has 6 nitrogen and oxygen atoms in total. The van der Waals surface area contributed by atoms with Crippen LogP contribution in [0.3, 0.4) is 0 Å². The SMILES string of the molecule is N#CC1CN(CCC(=O)Nc2ccc(Cl)c(N)c2)CCO1. The maximum Gasteiger partial charge on any atom is 0.225 e. The van der Waals surface area contributed by atoms with E-state index in [0.29, 0.717) is 42.5 Å². The average molecular weight is 309 g/mol. The molecule has 1 aromatic carbocycles. The Morgan fingerprint density at radius 1 is 1.62 bits per heavy atom. The Hall–Kier alpha value is -1.81. The van der Waals surface area contributed by atoms with E-state index in [9.17, 15) is 4.79 Å². The van der Waals surface area contributed by atoms with Gasteiger partial charge in [-0.25, -0.2) is 0 Å². The Labute approximate surface area is 128 Å². The highest BCUT2D eigenvalue weighted by Gasteiger charge is 2.20. The number of carbonyl (C=O) groups is 1. The summed E-state index contributed by atoms with van der Waals surface area (Å²) in [5, 5.41) is 12.1. The second-order valence-corrected chi connectivity index (χ2v) is 5.23. The number of carbonyl (C=O) groups excluding carboxylic acids is 1. The molecule has 0 spiro atoms. The fourth-order valence-corrected chi connectivity index (χ4v) is 2.21. The molecule has 1 amide bonds. The van der Waals surface area contributed by atoms with E-state index in [0.717, 1.165) is 6.54 Å². The summed E-state index contributed by atoms with van der Waals surface area (Å²) in [7, 11) is 0. The number of hydrogen-bond acceptors (Lipinski definition) is 5. The van der Waals surface area contributed by atoms with Gasteiger partial charge in [0.25, 0.3) is 0 Å². The van der Waals surface area contributed by atoms with E-state index in [-0.39, 0.29) is 5.91 Å². The molecule has 1 aliphatic rings. The summed E-state index contributed by atoms with van der Waals surface area (Å²) in [5.74, 6) is -0.100. The summed E-state index contributed by atoms with van der Waals surface area (Å²) in [4.78, 5) is 13.9. The number of ether oxygens (including phenoxy) is 1. The zero-order valence-corrected chi connectivity index (χ0v) is 12.3. The number of nitrogens with two attached hydrogens (primary N) is 1. The number of morpholine rings is 1. The van der Waals surface area contributed by atoms with Gasteiger partial charge in [0.05, 0.1) is 23.4 Å². The molecule has 112 valence electrons. The standard InChI is InChI=1S/C14H17ClN4O2/c15-12-2-1-10(7-13(12)17)18-14(20)3-4-19-5-6-21-11(8-16)9-19/h1-2,7,11H,3-6,9,17H2,(H,18,20). The molecular weight excluding hydrogens is 292 g/mol. The molecule has 1 fully saturated rings. The number of nitrogen functional groups attached to an aromatic ring is 1. The first-order valence-electron chi connectivity index (χ1n) is 6.67. The molecule has 1 aliphatic heterocycles. The normalized spacial score (nSPS) is 19.0. The van der Waals surface area contributed by atoms with Crippen molar-refractivity contribution in [1.29, 1.82) is 5.26 Å². The summed E-state index contributed by atoms with van der Waals surface area (Å²) < 4.78 is 5.25. The molecule has 21 heavy (non-hydrogen) atoms. The Morgan fingerprint density at radius 3 is 3.14 bits per heavy atom. The number of nitrogens with zero attached hydrogens (tertiary/aromatic N) is 2. The lowest BCUT2D eigenvalue weighted by molar-refractivity contribution is -0.116. The maximum absolute atomic E-state index is 11.9. The van der Waals surface area contributed by atoms with Crippen LogP contribution in [0.5, 0.6) is 0 Å². The number of halogens is 1. The van der Waals surface area contributed by atoms with E-state index in [1.54, 1.807) is 18.2 Å². The molecule has 0 bridgehead atoms. The fraction of sp³-hybridized carbons (Fsp3) is 0.429. The largest absolute Gasteiger partial charge is 0.397 e. The molecule has 1 atom stereocenters. The number of benzene rings is 1. The van der Waals surface area contributed by atoms with Crippen molar-refractivity contribution in [3.63, 3.8) is 0 Å². The number of amides is 1. The smallest absolute Gasteiger partial charge is 0.225 e. The first kappa shape index (κ1) is 15.6. The van der Waals surface area contributed by atoms with Crippen molar-refractivity contribution in [2.45, 2.75) is 12.5 Å². The van der Waals surface area contributed by atoms with Gasteiger partial charge in [-0.05, 0) is 18.2 Å². The number of hydrogen-bond donors (Lipinski definition) is 2. The van der Waals surface area contributed by atoms with Crippen molar-refractivity contribution in [3.05, 3.63) is 23.2 Å². The predicted molar refractivity (Wildman–Crippen MR) is 80.9 cm³/mol. The first-order chi connectivity index (χ1) is 10.1. The molecule has 2 rings (SSSR count). The lowest BCUT2D eigenvalue weighted by Crippen LogP contribution is -2.42. The molecule has 1 unspecified atom stereocenters. The van der Waals surface area contributed by atoms with Gasteiger partial charge in [0, 0.05) is 31.7 Å². The molecule has 0 radical (unpaired) electrons. The van der Waals surface area contributed by atoms with Gasteiger partial charge in [-0.3, -0.25) is 9.69 Å². The third kappa shape index (κ3) is 4.60. The van der Waals surface area contributed by atoms with Crippen LogP contribution in [0.2, 0.25) is 5.02 Å². The Balaban J connectivity index is 1.79. The maximum atomic E-state index is 11.9. The van der Waals surface area contributed by atoms with Crippen molar-refractivity contribution in [3.8, 4) is 6.07 Å². The van der Waals surface area contributed by atoms with Gasteiger partial charge in [-0.1, -0.05) is 11.6 Å². The molecule has 0 aromatic heterocycles. The van der Waals surface area contributed by atoms with Crippen molar-refractivity contribution in [2.24, 2.45) is 0 Å². The lowest BCUT2D eigenvalue weighted by atomic mass is 10.2. The van der Waals surface area contributed by atoms with Gasteiger partial charge >= 0.3 is 0 Å². The van der Waals surface area contributed by atoms with Crippen LogP contribution >= 0.6 is 11.6 Å². The summed E-state index contributed by atoms with van der Waals surface area (Å²) in [6, 6.07) is 7.06. The summed E-state index contributed by atoms with van der Waals surface area (Å²) in [5.41, 5.74) is 6.74. The minimum atomic E-state index is -0.405. The quantitative estimate of drug-likeness (QED) is 0.822. The highest BCUT2D eigenvalue weighted by molar-refractivity contribution is 6.33. The van der Waals surface area contributed by atoms with Crippen LogP contribution in [-0.2, 0) is 9.53 Å². The topological polar surface area (TPSA) is 91.4 Å². The zero-order chi connectivity index (χ0) is 15.2. The van der Waals surface area contributed by atoms with Crippen LogP contribution in [0, 0.1) is 11.3 Å². The number of nitriles is 1. The van der Waals surface area contributed by atoms with Crippen molar-refractivity contribution in [1.82, 2.24) is 4.90 Å². The zero-order valence-electron chi connectivity index (χ0n) is 11.5. The molecule has 1 heterocycles. The van der Waals surface area contributed by atoms with E-state index in [1.165, 1.54) is 0 Å². The van der Waals surface area contributed by atoms with E-state index in [1.807, 2.05) is 4.90 Å². The molecular formula is C14H17ClN4O2. The number of nitrogens with one attached hydrogen (secondary N) is 1. The fourth-order valence-electron chi connectivity index (χ4n) is 2.09. The van der Waals surface area contributed by atoms with E-state index in [2.05, 4.69) is 11.4 Å². The summed E-state index contributed by atoms with van der Waals surface area (Å²) in [6.07, 6.45) is -0.0568. The first-order valence-corrected chi connectivity index (χ1v) is 7.04. The van der Waals surface area contributed by atoms with E-state index in [4.69, 9.17) is 27.3 Å². The minimum absolute atomic E-state index is 0.100. The van der Waals surface area contributed by atoms with Crippen LogP contribution < -0.4 is 11.1 Å². The number of anilines is 2. The minimum Gasteiger partial charge on any atom is -0.397 e. The second kappa shape index (κ2) is 7.27. The molecule has 0 saturated carbocycles. The third-order valence-electron chi connectivity index (χ3n) is 3.23. The van der Waals surface area contributed by atoms with Gasteiger partial charge in [0.1, 0.15) is 0 Å². The number of rotatable bonds is 4. The Morgan fingerprint density at radius 2 is 2.43 bits per heavy atom. The van der Waals surface area contributed by atoms with Crippen LogP contribution in [0.1, 0.15) is 6.42 Å². The van der Waals surface area contributed by atoms with Crippen LogP contribution in [0.15, 0.2) is 18.2 Å². The Kier molecular flexibility index (Phi) is 5.39. The third-order valence-corrected chi connectivity index (χ3v) is 3.57. The summed E-state index contributed by atoms with van der Waals surface area (Å²) in [6.45, 7) is 2.39. The highest BCUT2D eigenvalue weighted by atomic mass is 35.5. The lowest BCUT2D eigenvalue weighted by Gasteiger charge is -2.29. The van der Waals surface area contributed by atoms with Gasteiger partial charge in [0.2, 0.25) is 5.91 Å². The van der Waals surface area contributed by atoms with Crippen LogP contribution in [0.4, 0.5) is 11.4 Å². The molecule has 7 heteroatoms. The van der Waals surface area contributed by atoms with Gasteiger partial charge < -0.3 is 15.8 Å². The van der Waals surface area contributed by atoms with Gasteiger partial charge in [-0.15, -0.1) is 0 Å². The molecule has 1 saturated heterocycles. The average Bonchev–Trinajstić information content (AvgIpc) is 2.49. The van der Waals surface area contributed by atoms with E-state index < -0.39 is 6.10 Å². The monoisotopic (exact) mass is 308 g/mol. The molecule has 0 aliphatic carbocycles. The highest BCUT2D eigenvalue weighted by Crippen LogP contribution is 2.22. The Bertz CT molecular complexity index is 558. The van der Waals surface area contributed by atoms with Crippen LogP contribution in [-0.4, -0.2) is 43.2 Å². The molecule has 3 N–H and O–H groups in total. The van der Waals surface area contributed by atoms with Crippen molar-refractivity contribution >= 4 is 28.9 Å². The van der Waals surface area contributed by atoms with Crippen molar-refractivity contribution < 1.29 is 9.53 Å². The van der Waals surface area contributed by atoms with Gasteiger partial charge in [0.15, 0.2) is 6.10 Å². The second-order valence-electron chi connectivity index (χ2n) is 4.82. The summed E-state index contributed by atoms with van der Waals surface area (Å²) >= 11 is 5.82. The van der Waals surface area contributed by atoms with Crippen molar-refractivity contribution in [2.75, 3.05) is 37.3 Å². The molecule has 1 aromatic rings. The predicted octanol–water partition coefficient (Wildman–Crippen LogP) is 1.48.